The van der Waals surface area contributed by atoms with Crippen LogP contribution in [0.2, 0.25) is 5.02 Å². The number of aliphatic imine (C=N–C) groups is 1. The second-order valence-electron chi connectivity index (χ2n) is 5.19. The molecule has 0 aliphatic carbocycles. The summed E-state index contributed by atoms with van der Waals surface area (Å²) in [6, 6.07) is 9.89. The first-order valence-electron chi connectivity index (χ1n) is 8.02. The first-order valence-corrected chi connectivity index (χ1v) is 8.40. The van der Waals surface area contributed by atoms with Crippen molar-refractivity contribution in [1.82, 2.24) is 20.4 Å². The highest BCUT2D eigenvalue weighted by Crippen LogP contribution is 2.09. The molecule has 2 aromatic rings. The normalized spacial score (nSPS) is 11.0. The van der Waals surface area contributed by atoms with Gasteiger partial charge in [-0.15, -0.1) is 24.0 Å². The fourth-order valence-electron chi connectivity index (χ4n) is 2.17. The Morgan fingerprint density at radius 2 is 2.04 bits per heavy atom. The van der Waals surface area contributed by atoms with E-state index in [0.29, 0.717) is 0 Å². The van der Waals surface area contributed by atoms with E-state index < -0.39 is 0 Å². The zero-order valence-corrected chi connectivity index (χ0v) is 17.0. The number of nitrogens with one attached hydrogen (secondary N) is 2. The van der Waals surface area contributed by atoms with Crippen molar-refractivity contribution in [2.45, 2.75) is 26.3 Å². The van der Waals surface area contributed by atoms with Crippen LogP contribution in [-0.2, 0) is 13.0 Å². The van der Waals surface area contributed by atoms with Gasteiger partial charge in [0.1, 0.15) is 0 Å². The summed E-state index contributed by atoms with van der Waals surface area (Å²) in [5.74, 6) is 0.863. The van der Waals surface area contributed by atoms with E-state index in [4.69, 9.17) is 11.6 Å². The van der Waals surface area contributed by atoms with Crippen molar-refractivity contribution in [3.8, 4) is 0 Å². The molecule has 2 rings (SSSR count). The third-order valence-corrected chi connectivity index (χ3v) is 3.59. The predicted molar refractivity (Wildman–Crippen MR) is 111 cm³/mol. The molecule has 24 heavy (non-hydrogen) atoms. The summed E-state index contributed by atoms with van der Waals surface area (Å²) in [7, 11) is 0. The Bertz CT molecular complexity index is 584. The summed E-state index contributed by atoms with van der Waals surface area (Å²) in [5.41, 5.74) is 1.26. The molecule has 2 N–H and O–H groups in total. The quantitative estimate of drug-likeness (QED) is 0.274. The Morgan fingerprint density at radius 1 is 1.25 bits per heavy atom. The maximum atomic E-state index is 5.89. The summed E-state index contributed by atoms with van der Waals surface area (Å²) in [5, 5.41) is 11.6. The largest absolute Gasteiger partial charge is 0.357 e. The number of nitrogens with zero attached hydrogens (tertiary/aromatic N) is 3. The van der Waals surface area contributed by atoms with Gasteiger partial charge in [-0.1, -0.05) is 23.7 Å². The van der Waals surface area contributed by atoms with Gasteiger partial charge in [-0.05, 0) is 43.5 Å². The maximum absolute atomic E-state index is 5.89. The van der Waals surface area contributed by atoms with Crippen LogP contribution in [0, 0.1) is 0 Å². The lowest BCUT2D eigenvalue weighted by Crippen LogP contribution is -2.38. The standard InChI is InChI=1S/C17H24ClN5.HI/c1-2-19-17(20-10-3-13-23-14-4-11-22-23)21-12-9-15-5-7-16(18)8-6-15;/h4-8,11,14H,2-3,9-10,12-13H2,1H3,(H2,19,20,21);1H. The van der Waals surface area contributed by atoms with Crippen LogP contribution >= 0.6 is 35.6 Å². The number of aromatic nitrogens is 2. The minimum absolute atomic E-state index is 0. The number of guanidine groups is 1. The molecular formula is C17H25ClIN5. The topological polar surface area (TPSA) is 54.2 Å². The number of aryl methyl sites for hydroxylation is 1. The van der Waals surface area contributed by atoms with Crippen LogP contribution in [0.15, 0.2) is 47.7 Å². The monoisotopic (exact) mass is 461 g/mol. The number of rotatable bonds is 8. The van der Waals surface area contributed by atoms with Crippen LogP contribution < -0.4 is 10.6 Å². The summed E-state index contributed by atoms with van der Waals surface area (Å²) in [6.07, 6.45) is 5.68. The zero-order valence-electron chi connectivity index (χ0n) is 13.9. The molecular weight excluding hydrogens is 437 g/mol. The van der Waals surface area contributed by atoms with Crippen LogP contribution in [0.1, 0.15) is 18.9 Å². The molecule has 0 saturated carbocycles. The van der Waals surface area contributed by atoms with E-state index in [1.807, 2.05) is 29.1 Å². The fraction of sp³-hybridized carbons (Fsp3) is 0.412. The second kappa shape index (κ2) is 12.1. The minimum atomic E-state index is 0. The molecule has 1 aromatic carbocycles. The van der Waals surface area contributed by atoms with Crippen LogP contribution in [0.5, 0.6) is 0 Å². The second-order valence-corrected chi connectivity index (χ2v) is 5.62. The first kappa shape index (κ1) is 20.8. The van der Waals surface area contributed by atoms with E-state index >= 15 is 0 Å². The average Bonchev–Trinajstić information content (AvgIpc) is 3.07. The van der Waals surface area contributed by atoms with E-state index in [2.05, 4.69) is 39.8 Å². The van der Waals surface area contributed by atoms with Gasteiger partial charge in [0.2, 0.25) is 0 Å². The van der Waals surface area contributed by atoms with Crippen molar-refractivity contribution in [2.24, 2.45) is 4.99 Å². The Labute approximate surface area is 165 Å². The highest BCUT2D eigenvalue weighted by Gasteiger charge is 1.98. The number of hydrogen-bond acceptors (Lipinski definition) is 2. The van der Waals surface area contributed by atoms with Crippen molar-refractivity contribution < 1.29 is 0 Å². The van der Waals surface area contributed by atoms with E-state index in [9.17, 15) is 0 Å². The highest BCUT2D eigenvalue weighted by atomic mass is 127. The summed E-state index contributed by atoms with van der Waals surface area (Å²) < 4.78 is 1.93. The molecule has 1 aromatic heterocycles. The number of benzene rings is 1. The van der Waals surface area contributed by atoms with Gasteiger partial charge in [0.15, 0.2) is 5.96 Å². The lowest BCUT2D eigenvalue weighted by atomic mass is 10.1. The zero-order chi connectivity index (χ0) is 16.3. The van der Waals surface area contributed by atoms with Gasteiger partial charge in [0.25, 0.3) is 0 Å². The molecule has 132 valence electrons. The molecule has 7 heteroatoms. The van der Waals surface area contributed by atoms with Crippen LogP contribution in [0.3, 0.4) is 0 Å². The molecule has 1 heterocycles. The SMILES string of the molecule is CCNC(=NCCCn1cccn1)NCCc1ccc(Cl)cc1.I. The van der Waals surface area contributed by atoms with Crippen molar-refractivity contribution in [3.05, 3.63) is 53.3 Å². The smallest absolute Gasteiger partial charge is 0.191 e. The fourth-order valence-corrected chi connectivity index (χ4v) is 2.30. The average molecular weight is 462 g/mol. The van der Waals surface area contributed by atoms with Crippen LogP contribution in [0.4, 0.5) is 0 Å². The van der Waals surface area contributed by atoms with Gasteiger partial charge in [-0.3, -0.25) is 9.67 Å². The molecule has 0 amide bonds. The van der Waals surface area contributed by atoms with Crippen LogP contribution in [-0.4, -0.2) is 35.4 Å². The Balaban J connectivity index is 0.00000288. The summed E-state index contributed by atoms with van der Waals surface area (Å²) >= 11 is 5.89. The molecule has 0 aliphatic heterocycles. The Morgan fingerprint density at radius 3 is 2.71 bits per heavy atom. The lowest BCUT2D eigenvalue weighted by molar-refractivity contribution is 0.584. The van der Waals surface area contributed by atoms with Gasteiger partial charge >= 0.3 is 0 Å². The summed E-state index contributed by atoms with van der Waals surface area (Å²) in [4.78, 5) is 4.59. The lowest BCUT2D eigenvalue weighted by Gasteiger charge is -2.11. The number of halogens is 2. The third kappa shape index (κ3) is 8.01. The molecule has 0 aliphatic rings. The van der Waals surface area contributed by atoms with Crippen molar-refractivity contribution in [1.29, 1.82) is 0 Å². The third-order valence-electron chi connectivity index (χ3n) is 3.34. The van der Waals surface area contributed by atoms with Gasteiger partial charge in [0, 0.05) is 43.6 Å². The van der Waals surface area contributed by atoms with Gasteiger partial charge in [-0.25, -0.2) is 0 Å². The highest BCUT2D eigenvalue weighted by molar-refractivity contribution is 14.0. The predicted octanol–water partition coefficient (Wildman–Crippen LogP) is 3.34. The van der Waals surface area contributed by atoms with E-state index in [1.54, 1.807) is 6.20 Å². The molecule has 0 radical (unpaired) electrons. The number of hydrogen-bond donors (Lipinski definition) is 2. The van der Waals surface area contributed by atoms with Gasteiger partial charge < -0.3 is 10.6 Å². The molecule has 0 saturated heterocycles. The molecule has 5 nitrogen and oxygen atoms in total. The Hall–Kier alpha value is -1.28. The van der Waals surface area contributed by atoms with E-state index in [1.165, 1.54) is 5.56 Å². The van der Waals surface area contributed by atoms with Crippen LogP contribution in [0.25, 0.3) is 0 Å². The van der Waals surface area contributed by atoms with E-state index in [0.717, 1.165) is 50.0 Å². The molecule has 0 atom stereocenters. The summed E-state index contributed by atoms with van der Waals surface area (Å²) in [6.45, 7) is 5.43. The minimum Gasteiger partial charge on any atom is -0.357 e. The van der Waals surface area contributed by atoms with Gasteiger partial charge in [-0.2, -0.15) is 5.10 Å². The first-order chi connectivity index (χ1) is 11.3. The molecule has 0 unspecified atom stereocenters. The molecule has 0 fully saturated rings. The van der Waals surface area contributed by atoms with Crippen molar-refractivity contribution in [2.75, 3.05) is 19.6 Å². The van der Waals surface area contributed by atoms with Crippen molar-refractivity contribution in [3.63, 3.8) is 0 Å². The molecule has 0 bridgehead atoms. The van der Waals surface area contributed by atoms with Crippen molar-refractivity contribution >= 4 is 41.5 Å². The van der Waals surface area contributed by atoms with E-state index in [-0.39, 0.29) is 24.0 Å². The molecule has 0 spiro atoms. The van der Waals surface area contributed by atoms with Gasteiger partial charge in [0.05, 0.1) is 0 Å². The Kier molecular flexibility index (Phi) is 10.5. The maximum Gasteiger partial charge on any atom is 0.191 e.